The third-order valence-corrected chi connectivity index (χ3v) is 3.11. The van der Waals surface area contributed by atoms with Gasteiger partial charge in [0.25, 0.3) is 0 Å². The number of hydroxylamine groups is 1. The minimum Gasteiger partial charge on any atom is -0.493 e. The molecule has 0 heterocycles. The summed E-state index contributed by atoms with van der Waals surface area (Å²) in [5.41, 5.74) is 3.12. The Morgan fingerprint density at radius 1 is 1.29 bits per heavy atom. The van der Waals surface area contributed by atoms with Gasteiger partial charge in [0.15, 0.2) is 11.5 Å². The van der Waals surface area contributed by atoms with Crippen LogP contribution in [-0.4, -0.2) is 18.4 Å². The zero-order valence-corrected chi connectivity index (χ0v) is 10.1. The van der Waals surface area contributed by atoms with E-state index in [0.717, 1.165) is 29.9 Å². The Bertz CT molecular complexity index is 362. The average Bonchev–Trinajstić information content (AvgIpc) is 2.83. The molecule has 0 saturated heterocycles. The van der Waals surface area contributed by atoms with Crippen molar-refractivity contribution in [2.75, 3.05) is 7.11 Å². The van der Waals surface area contributed by atoms with Gasteiger partial charge < -0.3 is 14.7 Å². The van der Waals surface area contributed by atoms with Gasteiger partial charge in [0, 0.05) is 6.54 Å². The molecule has 2 rings (SSSR count). The molecule has 0 unspecified atom stereocenters. The lowest BCUT2D eigenvalue weighted by Gasteiger charge is -2.16. The highest BCUT2D eigenvalue weighted by Gasteiger charge is 2.18. The minimum absolute atomic E-state index is 0.307. The van der Waals surface area contributed by atoms with Crippen molar-refractivity contribution < 1.29 is 14.7 Å². The first-order valence-electron chi connectivity index (χ1n) is 6.04. The summed E-state index contributed by atoms with van der Waals surface area (Å²) in [4.78, 5) is 0. The van der Waals surface area contributed by atoms with Gasteiger partial charge >= 0.3 is 0 Å². The molecule has 17 heavy (non-hydrogen) atoms. The van der Waals surface area contributed by atoms with Crippen LogP contribution in [0, 0.1) is 0 Å². The van der Waals surface area contributed by atoms with Gasteiger partial charge in [0.2, 0.25) is 0 Å². The van der Waals surface area contributed by atoms with E-state index < -0.39 is 0 Å². The quantitative estimate of drug-likeness (QED) is 0.772. The molecular formula is C13H19NO3. The van der Waals surface area contributed by atoms with E-state index in [-0.39, 0.29) is 0 Å². The number of nitrogens with one attached hydrogen (secondary N) is 1. The van der Waals surface area contributed by atoms with Crippen molar-refractivity contribution in [2.24, 2.45) is 0 Å². The van der Waals surface area contributed by atoms with E-state index >= 15 is 0 Å². The van der Waals surface area contributed by atoms with Crippen molar-refractivity contribution in [1.82, 2.24) is 5.48 Å². The average molecular weight is 237 g/mol. The van der Waals surface area contributed by atoms with Gasteiger partial charge in [-0.15, -0.1) is 0 Å². The molecule has 0 spiro atoms. The number of hydrogen-bond donors (Lipinski definition) is 2. The lowest BCUT2D eigenvalue weighted by atomic mass is 10.2. The first-order valence-corrected chi connectivity index (χ1v) is 6.04. The van der Waals surface area contributed by atoms with E-state index in [2.05, 4.69) is 5.48 Å². The van der Waals surface area contributed by atoms with Crippen molar-refractivity contribution in [2.45, 2.75) is 38.3 Å². The van der Waals surface area contributed by atoms with Crippen LogP contribution in [0.25, 0.3) is 0 Å². The maximum atomic E-state index is 8.70. The first kappa shape index (κ1) is 12.2. The molecule has 1 saturated carbocycles. The van der Waals surface area contributed by atoms with Gasteiger partial charge in [-0.05, 0) is 43.4 Å². The van der Waals surface area contributed by atoms with Crippen LogP contribution in [0.1, 0.15) is 31.2 Å². The van der Waals surface area contributed by atoms with Gasteiger partial charge in [-0.1, -0.05) is 6.07 Å². The molecule has 1 aromatic rings. The standard InChI is InChI=1S/C13H19NO3/c1-16-12-7-6-10(9-14-15)8-13(12)17-11-4-2-3-5-11/h6-8,11,14-15H,2-5,9H2,1H3. The first-order chi connectivity index (χ1) is 8.33. The highest BCUT2D eigenvalue weighted by atomic mass is 16.5. The van der Waals surface area contributed by atoms with Crippen LogP contribution in [0.4, 0.5) is 0 Å². The van der Waals surface area contributed by atoms with Crippen LogP contribution >= 0.6 is 0 Å². The Balaban J connectivity index is 2.12. The summed E-state index contributed by atoms with van der Waals surface area (Å²) in [5.74, 6) is 1.52. The Hall–Kier alpha value is -1.26. The van der Waals surface area contributed by atoms with Crippen LogP contribution in [0.2, 0.25) is 0 Å². The molecule has 0 aliphatic heterocycles. The van der Waals surface area contributed by atoms with E-state index in [1.165, 1.54) is 12.8 Å². The van der Waals surface area contributed by atoms with Crippen LogP contribution in [0.3, 0.4) is 0 Å². The summed E-state index contributed by atoms with van der Waals surface area (Å²) in [6, 6.07) is 5.70. The van der Waals surface area contributed by atoms with Gasteiger partial charge in [0.1, 0.15) is 0 Å². The topological polar surface area (TPSA) is 50.7 Å². The van der Waals surface area contributed by atoms with Crippen LogP contribution in [-0.2, 0) is 6.54 Å². The fraction of sp³-hybridized carbons (Fsp3) is 0.538. The van der Waals surface area contributed by atoms with E-state index in [0.29, 0.717) is 12.6 Å². The van der Waals surface area contributed by atoms with Crippen molar-refractivity contribution in [1.29, 1.82) is 0 Å². The largest absolute Gasteiger partial charge is 0.493 e. The molecule has 4 nitrogen and oxygen atoms in total. The maximum absolute atomic E-state index is 8.70. The predicted molar refractivity (Wildman–Crippen MR) is 64.5 cm³/mol. The van der Waals surface area contributed by atoms with Crippen LogP contribution in [0.15, 0.2) is 18.2 Å². The molecule has 1 aromatic carbocycles. The van der Waals surface area contributed by atoms with E-state index in [1.807, 2.05) is 18.2 Å². The smallest absolute Gasteiger partial charge is 0.161 e. The molecule has 0 atom stereocenters. The molecule has 1 aliphatic rings. The maximum Gasteiger partial charge on any atom is 0.161 e. The zero-order chi connectivity index (χ0) is 12.1. The monoisotopic (exact) mass is 237 g/mol. The SMILES string of the molecule is COc1ccc(CNO)cc1OC1CCCC1. The summed E-state index contributed by atoms with van der Waals surface area (Å²) in [5, 5.41) is 8.70. The molecule has 0 bridgehead atoms. The summed E-state index contributed by atoms with van der Waals surface area (Å²) in [6.07, 6.45) is 5.02. The lowest BCUT2D eigenvalue weighted by Crippen LogP contribution is -2.12. The number of ether oxygens (including phenoxy) is 2. The van der Waals surface area contributed by atoms with E-state index in [1.54, 1.807) is 7.11 Å². The van der Waals surface area contributed by atoms with E-state index in [4.69, 9.17) is 14.7 Å². The van der Waals surface area contributed by atoms with Crippen molar-refractivity contribution in [3.63, 3.8) is 0 Å². The molecule has 1 aliphatic carbocycles. The second-order valence-corrected chi connectivity index (χ2v) is 4.34. The second-order valence-electron chi connectivity index (χ2n) is 4.34. The summed E-state index contributed by atoms with van der Waals surface area (Å²) < 4.78 is 11.2. The Kier molecular flexibility index (Phi) is 4.23. The number of hydrogen-bond acceptors (Lipinski definition) is 4. The van der Waals surface area contributed by atoms with Crippen LogP contribution < -0.4 is 15.0 Å². The Labute approximate surface area is 102 Å². The minimum atomic E-state index is 0.307. The third kappa shape index (κ3) is 3.11. The highest BCUT2D eigenvalue weighted by Crippen LogP contribution is 2.32. The number of rotatable bonds is 5. The summed E-state index contributed by atoms with van der Waals surface area (Å²) >= 11 is 0. The van der Waals surface area contributed by atoms with Crippen LogP contribution in [0.5, 0.6) is 11.5 Å². The molecule has 1 fully saturated rings. The number of benzene rings is 1. The van der Waals surface area contributed by atoms with Crippen molar-refractivity contribution >= 4 is 0 Å². The molecule has 0 aromatic heterocycles. The van der Waals surface area contributed by atoms with Gasteiger partial charge in [-0.25, -0.2) is 5.48 Å². The van der Waals surface area contributed by atoms with Crippen molar-refractivity contribution in [3.05, 3.63) is 23.8 Å². The number of methoxy groups -OCH3 is 1. The Morgan fingerprint density at radius 2 is 2.06 bits per heavy atom. The highest BCUT2D eigenvalue weighted by molar-refractivity contribution is 5.43. The zero-order valence-electron chi connectivity index (χ0n) is 10.1. The van der Waals surface area contributed by atoms with Gasteiger partial charge in [-0.3, -0.25) is 0 Å². The predicted octanol–water partition coefficient (Wildman–Crippen LogP) is 2.50. The molecule has 0 amide bonds. The molecule has 0 radical (unpaired) electrons. The molecule has 2 N–H and O–H groups in total. The fourth-order valence-corrected chi connectivity index (χ4v) is 2.20. The normalized spacial score (nSPS) is 16.1. The molecule has 4 heteroatoms. The van der Waals surface area contributed by atoms with Gasteiger partial charge in [0.05, 0.1) is 13.2 Å². The summed E-state index contributed by atoms with van der Waals surface area (Å²) in [7, 11) is 1.64. The fourth-order valence-electron chi connectivity index (χ4n) is 2.20. The summed E-state index contributed by atoms with van der Waals surface area (Å²) in [6.45, 7) is 0.408. The van der Waals surface area contributed by atoms with Gasteiger partial charge in [-0.2, -0.15) is 0 Å². The molecule has 94 valence electrons. The lowest BCUT2D eigenvalue weighted by molar-refractivity contribution is 0.160. The Morgan fingerprint density at radius 3 is 2.71 bits per heavy atom. The second kappa shape index (κ2) is 5.89. The molecular weight excluding hydrogens is 218 g/mol. The van der Waals surface area contributed by atoms with E-state index in [9.17, 15) is 0 Å². The third-order valence-electron chi connectivity index (χ3n) is 3.11. The van der Waals surface area contributed by atoms with Crippen molar-refractivity contribution in [3.8, 4) is 11.5 Å².